The normalized spacial score (nSPS) is 9.83. The number of aliphatic hydroxyl groups is 1. The summed E-state index contributed by atoms with van der Waals surface area (Å²) in [6.45, 7) is 1.65. The predicted octanol–water partition coefficient (Wildman–Crippen LogP) is 0.937. The van der Waals surface area contributed by atoms with Crippen LogP contribution in [0.25, 0.3) is 0 Å². The van der Waals surface area contributed by atoms with Crippen molar-refractivity contribution in [1.82, 2.24) is 0 Å². The molecule has 0 heterocycles. The van der Waals surface area contributed by atoms with Crippen molar-refractivity contribution in [2.75, 3.05) is 12.3 Å². The van der Waals surface area contributed by atoms with Gasteiger partial charge in [0.05, 0.1) is 12.3 Å². The fraction of sp³-hybridized carbons (Fsp3) is 0.222. The number of hydrogen-bond donors (Lipinski definition) is 3. The zero-order chi connectivity index (χ0) is 9.14. The van der Waals surface area contributed by atoms with Crippen LogP contribution < -0.4 is 5.73 Å². The van der Waals surface area contributed by atoms with Gasteiger partial charge in [0.1, 0.15) is 0 Å². The van der Waals surface area contributed by atoms with Gasteiger partial charge in [0.15, 0.2) is 0 Å². The fourth-order valence-corrected chi connectivity index (χ4v) is 1.02. The quantitative estimate of drug-likeness (QED) is 0.449. The molecule has 0 aliphatic heterocycles. The third-order valence-electron chi connectivity index (χ3n) is 1.69. The summed E-state index contributed by atoms with van der Waals surface area (Å²) in [6.07, 6.45) is 0. The average molecular weight is 164 g/mol. The summed E-state index contributed by atoms with van der Waals surface area (Å²) in [6, 6.07) is 5.42. The highest BCUT2D eigenvalue weighted by molar-refractivity contribution is 6.03. The molecule has 0 bridgehead atoms. The summed E-state index contributed by atoms with van der Waals surface area (Å²) < 4.78 is 0. The van der Waals surface area contributed by atoms with Gasteiger partial charge in [-0.25, -0.2) is 0 Å². The maximum Gasteiger partial charge on any atom is 0.0852 e. The van der Waals surface area contributed by atoms with Crippen LogP contribution in [0.15, 0.2) is 18.2 Å². The van der Waals surface area contributed by atoms with Crippen molar-refractivity contribution in [2.45, 2.75) is 6.92 Å². The average Bonchev–Trinajstić information content (AvgIpc) is 2.08. The van der Waals surface area contributed by atoms with E-state index in [-0.39, 0.29) is 12.3 Å². The highest BCUT2D eigenvalue weighted by atomic mass is 16.3. The molecule has 1 aromatic carbocycles. The minimum absolute atomic E-state index is 0.163. The zero-order valence-corrected chi connectivity index (χ0v) is 6.96. The van der Waals surface area contributed by atoms with Gasteiger partial charge in [-0.15, -0.1) is 0 Å². The van der Waals surface area contributed by atoms with Crippen LogP contribution in [0.3, 0.4) is 0 Å². The molecule has 0 saturated carbocycles. The van der Waals surface area contributed by atoms with E-state index >= 15 is 0 Å². The van der Waals surface area contributed by atoms with Crippen molar-refractivity contribution < 1.29 is 5.11 Å². The lowest BCUT2D eigenvalue weighted by molar-refractivity contribution is 0.357. The van der Waals surface area contributed by atoms with Gasteiger partial charge in [0, 0.05) is 11.3 Å². The summed E-state index contributed by atoms with van der Waals surface area (Å²) in [7, 11) is 0. The number of nitrogens with one attached hydrogen (secondary N) is 1. The van der Waals surface area contributed by atoms with E-state index in [4.69, 9.17) is 16.2 Å². The van der Waals surface area contributed by atoms with Crippen LogP contribution in [0.5, 0.6) is 0 Å². The van der Waals surface area contributed by atoms with E-state index in [1.165, 1.54) is 0 Å². The molecule has 0 fully saturated rings. The van der Waals surface area contributed by atoms with Crippen molar-refractivity contribution in [3.8, 4) is 0 Å². The number of benzene rings is 1. The molecule has 0 radical (unpaired) electrons. The first-order valence-electron chi connectivity index (χ1n) is 3.70. The maximum atomic E-state index is 8.72. The molecule has 4 N–H and O–H groups in total. The van der Waals surface area contributed by atoms with E-state index in [1.54, 1.807) is 12.1 Å². The van der Waals surface area contributed by atoms with Crippen molar-refractivity contribution in [1.29, 1.82) is 5.41 Å². The van der Waals surface area contributed by atoms with Gasteiger partial charge in [-0.1, -0.05) is 11.6 Å². The molecular weight excluding hydrogens is 152 g/mol. The third-order valence-corrected chi connectivity index (χ3v) is 1.69. The Morgan fingerprint density at radius 1 is 1.58 bits per heavy atom. The van der Waals surface area contributed by atoms with E-state index in [9.17, 15) is 0 Å². The van der Waals surface area contributed by atoms with Crippen LogP contribution in [0.4, 0.5) is 5.69 Å². The number of nitrogen functional groups attached to an aromatic ring is 1. The van der Waals surface area contributed by atoms with E-state index in [0.717, 1.165) is 5.56 Å². The van der Waals surface area contributed by atoms with E-state index < -0.39 is 0 Å². The molecular formula is C9H12N2O. The number of hydrogen-bond acceptors (Lipinski definition) is 3. The Balaban J connectivity index is 3.13. The Bertz CT molecular complexity index is 307. The second kappa shape index (κ2) is 3.36. The Hall–Kier alpha value is -1.35. The monoisotopic (exact) mass is 164 g/mol. The molecule has 0 unspecified atom stereocenters. The van der Waals surface area contributed by atoms with Crippen LogP contribution in [0.2, 0.25) is 0 Å². The van der Waals surface area contributed by atoms with E-state index in [0.29, 0.717) is 11.3 Å². The summed E-state index contributed by atoms with van der Waals surface area (Å²) in [4.78, 5) is 0. The predicted molar refractivity (Wildman–Crippen MR) is 49.5 cm³/mol. The standard InChI is InChI=1S/C9H12N2O/c1-6-2-3-8(10)7(4-6)9(11)5-12/h2-4,11-12H,5,10H2,1H3. The number of anilines is 1. The molecule has 3 heteroatoms. The molecule has 12 heavy (non-hydrogen) atoms. The maximum absolute atomic E-state index is 8.72. The lowest BCUT2D eigenvalue weighted by atomic mass is 10.1. The van der Waals surface area contributed by atoms with E-state index in [1.807, 2.05) is 13.0 Å². The SMILES string of the molecule is Cc1ccc(N)c(C(=N)CO)c1. The number of rotatable bonds is 2. The van der Waals surface area contributed by atoms with Gasteiger partial charge >= 0.3 is 0 Å². The minimum Gasteiger partial charge on any atom is -0.398 e. The smallest absolute Gasteiger partial charge is 0.0852 e. The first-order valence-corrected chi connectivity index (χ1v) is 3.70. The minimum atomic E-state index is -0.270. The highest BCUT2D eigenvalue weighted by Gasteiger charge is 2.03. The zero-order valence-electron chi connectivity index (χ0n) is 6.96. The van der Waals surface area contributed by atoms with E-state index in [2.05, 4.69) is 0 Å². The second-order valence-electron chi connectivity index (χ2n) is 2.73. The van der Waals surface area contributed by atoms with Gasteiger partial charge in [-0.3, -0.25) is 0 Å². The molecule has 0 aliphatic rings. The molecule has 0 amide bonds. The van der Waals surface area contributed by atoms with Crippen LogP contribution >= 0.6 is 0 Å². The Labute approximate surface area is 71.3 Å². The van der Waals surface area contributed by atoms with Crippen molar-refractivity contribution >= 4 is 11.4 Å². The van der Waals surface area contributed by atoms with Crippen molar-refractivity contribution in [3.05, 3.63) is 29.3 Å². The summed E-state index contributed by atoms with van der Waals surface area (Å²) in [5.74, 6) is 0. The second-order valence-corrected chi connectivity index (χ2v) is 2.73. The fourth-order valence-electron chi connectivity index (χ4n) is 1.02. The lowest BCUT2D eigenvalue weighted by Gasteiger charge is -2.05. The third kappa shape index (κ3) is 1.62. The Kier molecular flexibility index (Phi) is 2.45. The van der Waals surface area contributed by atoms with Crippen LogP contribution in [-0.4, -0.2) is 17.4 Å². The summed E-state index contributed by atoms with van der Waals surface area (Å²) in [5.41, 5.74) is 7.98. The largest absolute Gasteiger partial charge is 0.398 e. The van der Waals surface area contributed by atoms with Crippen LogP contribution in [-0.2, 0) is 0 Å². The Morgan fingerprint density at radius 3 is 2.83 bits per heavy atom. The molecule has 0 saturated heterocycles. The topological polar surface area (TPSA) is 70.1 Å². The molecule has 1 aromatic rings. The van der Waals surface area contributed by atoms with Crippen molar-refractivity contribution in [2.24, 2.45) is 0 Å². The van der Waals surface area contributed by atoms with Gasteiger partial charge in [-0.2, -0.15) is 0 Å². The first kappa shape index (κ1) is 8.74. The molecule has 1 rings (SSSR count). The number of aliphatic hydroxyl groups excluding tert-OH is 1. The lowest BCUT2D eigenvalue weighted by Crippen LogP contribution is -2.07. The van der Waals surface area contributed by atoms with Crippen molar-refractivity contribution in [3.63, 3.8) is 0 Å². The molecule has 0 spiro atoms. The number of aryl methyl sites for hydroxylation is 1. The van der Waals surface area contributed by atoms with Crippen LogP contribution in [0.1, 0.15) is 11.1 Å². The molecule has 0 atom stereocenters. The highest BCUT2D eigenvalue weighted by Crippen LogP contribution is 2.13. The number of nitrogens with two attached hydrogens (primary N) is 1. The Morgan fingerprint density at radius 2 is 2.25 bits per heavy atom. The van der Waals surface area contributed by atoms with Gasteiger partial charge in [0.25, 0.3) is 0 Å². The summed E-state index contributed by atoms with van der Waals surface area (Å²) in [5, 5.41) is 16.1. The van der Waals surface area contributed by atoms with Gasteiger partial charge in [0.2, 0.25) is 0 Å². The summed E-state index contributed by atoms with van der Waals surface area (Å²) >= 11 is 0. The first-order chi connectivity index (χ1) is 5.65. The molecule has 64 valence electrons. The molecule has 3 nitrogen and oxygen atoms in total. The molecule has 0 aromatic heterocycles. The van der Waals surface area contributed by atoms with Gasteiger partial charge < -0.3 is 16.2 Å². The van der Waals surface area contributed by atoms with Crippen LogP contribution in [0, 0.1) is 12.3 Å². The van der Waals surface area contributed by atoms with Gasteiger partial charge in [-0.05, 0) is 19.1 Å². The molecule has 0 aliphatic carbocycles.